The molecule has 6 nitrogen and oxygen atoms in total. The quantitative estimate of drug-likeness (QED) is 0.665. The van der Waals surface area contributed by atoms with Crippen molar-refractivity contribution in [3.05, 3.63) is 0 Å². The van der Waals surface area contributed by atoms with E-state index in [9.17, 15) is 9.13 Å². The number of rotatable bonds is 4. The normalized spacial score (nSPS) is 13.3. The van der Waals surface area contributed by atoms with Crippen LogP contribution in [0.15, 0.2) is 0 Å². The second-order valence-corrected chi connectivity index (χ2v) is 3.89. The Kier molecular flexibility index (Phi) is 4.20. The van der Waals surface area contributed by atoms with Crippen LogP contribution in [-0.4, -0.2) is 19.1 Å². The van der Waals surface area contributed by atoms with Gasteiger partial charge in [-0.05, 0) is 4.31 Å². The predicted molar refractivity (Wildman–Crippen MR) is 32.5 cm³/mol. The molecule has 0 aliphatic heterocycles. The van der Waals surface area contributed by atoms with Crippen LogP contribution in [0.3, 0.4) is 0 Å². The summed E-state index contributed by atoms with van der Waals surface area (Å²) in [6.45, 7) is 0. The topological polar surface area (TPSA) is 82.1 Å². The standard InChI is InChI=1S/C2H6O6P2/c1-6-10(5,7-2)8-9(3)4/h1-2H3/p+1. The summed E-state index contributed by atoms with van der Waals surface area (Å²) >= 11 is 0. The largest absolute Gasteiger partial charge is 0.705 e. The summed E-state index contributed by atoms with van der Waals surface area (Å²) in [6, 6.07) is 0. The minimum Gasteiger partial charge on any atom is -0.288 e. The van der Waals surface area contributed by atoms with Crippen molar-refractivity contribution in [3.8, 4) is 0 Å². The fraction of sp³-hybridized carbons (Fsp3) is 1.00. The van der Waals surface area contributed by atoms with Gasteiger partial charge in [-0.3, -0.25) is 9.05 Å². The van der Waals surface area contributed by atoms with Gasteiger partial charge in [-0.15, -0.1) is 4.89 Å². The average molecular weight is 189 g/mol. The Morgan fingerprint density at radius 3 is 1.90 bits per heavy atom. The summed E-state index contributed by atoms with van der Waals surface area (Å²) in [5.74, 6) is 0. The first kappa shape index (κ1) is 10.2. The van der Waals surface area contributed by atoms with Gasteiger partial charge in [0.25, 0.3) is 0 Å². The molecule has 0 rings (SSSR count). The lowest BCUT2D eigenvalue weighted by Crippen LogP contribution is -1.87. The summed E-state index contributed by atoms with van der Waals surface area (Å²) < 4.78 is 32.9. The maximum absolute atomic E-state index is 10.8. The SMILES string of the molecule is COP(=O)(OC)O[P+](=O)O. The molecule has 0 saturated carbocycles. The van der Waals surface area contributed by atoms with Crippen LogP contribution >= 0.6 is 16.1 Å². The lowest BCUT2D eigenvalue weighted by atomic mass is 11.8. The predicted octanol–water partition coefficient (Wildman–Crippen LogP) is 1.05. The molecule has 60 valence electrons. The lowest BCUT2D eigenvalue weighted by Gasteiger charge is -2.02. The van der Waals surface area contributed by atoms with Crippen LogP contribution in [0.1, 0.15) is 0 Å². The zero-order valence-electron chi connectivity index (χ0n) is 5.38. The maximum atomic E-state index is 10.8. The number of phosphoric ester groups is 1. The maximum Gasteiger partial charge on any atom is 0.705 e. The number of hydrogen-bond acceptors (Lipinski definition) is 5. The zero-order chi connectivity index (χ0) is 8.20. The molecule has 0 radical (unpaired) electrons. The van der Waals surface area contributed by atoms with Crippen molar-refractivity contribution in [1.29, 1.82) is 0 Å². The van der Waals surface area contributed by atoms with Crippen molar-refractivity contribution >= 4 is 16.1 Å². The van der Waals surface area contributed by atoms with E-state index < -0.39 is 16.1 Å². The van der Waals surface area contributed by atoms with E-state index in [0.717, 1.165) is 14.2 Å². The molecule has 0 bridgehead atoms. The molecule has 0 aromatic carbocycles. The molecule has 0 aliphatic carbocycles. The molecule has 0 heterocycles. The molecular weight excluding hydrogens is 182 g/mol. The van der Waals surface area contributed by atoms with Gasteiger partial charge < -0.3 is 0 Å². The van der Waals surface area contributed by atoms with Gasteiger partial charge in [0.05, 0.1) is 0 Å². The van der Waals surface area contributed by atoms with Crippen LogP contribution in [0.2, 0.25) is 0 Å². The van der Waals surface area contributed by atoms with Gasteiger partial charge in [0.15, 0.2) is 0 Å². The fourth-order valence-corrected chi connectivity index (χ4v) is 1.59. The summed E-state index contributed by atoms with van der Waals surface area (Å²) in [4.78, 5) is 8.11. The van der Waals surface area contributed by atoms with Crippen molar-refractivity contribution in [3.63, 3.8) is 0 Å². The Hall–Kier alpha value is 0.170. The lowest BCUT2D eigenvalue weighted by molar-refractivity contribution is 0.207. The minimum absolute atomic E-state index is 1.04. The van der Waals surface area contributed by atoms with E-state index in [4.69, 9.17) is 4.89 Å². The Morgan fingerprint density at radius 2 is 1.80 bits per heavy atom. The van der Waals surface area contributed by atoms with Gasteiger partial charge in [-0.1, -0.05) is 0 Å². The van der Waals surface area contributed by atoms with E-state index in [-0.39, 0.29) is 0 Å². The molecular formula is C2H7O6P2+. The van der Waals surface area contributed by atoms with Crippen molar-refractivity contribution in [2.24, 2.45) is 0 Å². The Balaban J connectivity index is 4.07. The first-order valence-electron chi connectivity index (χ1n) is 2.11. The molecule has 0 fully saturated rings. The molecule has 0 amide bonds. The third-order valence-corrected chi connectivity index (χ3v) is 2.87. The highest BCUT2D eigenvalue weighted by Crippen LogP contribution is 2.53. The van der Waals surface area contributed by atoms with Gasteiger partial charge >= 0.3 is 16.1 Å². The second kappa shape index (κ2) is 4.13. The van der Waals surface area contributed by atoms with E-state index >= 15 is 0 Å². The van der Waals surface area contributed by atoms with Crippen LogP contribution in [0.5, 0.6) is 0 Å². The molecule has 8 heteroatoms. The van der Waals surface area contributed by atoms with Gasteiger partial charge in [-0.25, -0.2) is 4.57 Å². The van der Waals surface area contributed by atoms with Gasteiger partial charge in [0.2, 0.25) is 0 Å². The van der Waals surface area contributed by atoms with Crippen molar-refractivity contribution < 1.29 is 27.4 Å². The minimum atomic E-state index is -3.77. The van der Waals surface area contributed by atoms with Crippen LogP contribution in [-0.2, 0) is 22.5 Å². The summed E-state index contributed by atoms with van der Waals surface area (Å²) in [5, 5.41) is 0. The Labute approximate surface area is 58.7 Å². The van der Waals surface area contributed by atoms with Gasteiger partial charge in [0, 0.05) is 18.8 Å². The van der Waals surface area contributed by atoms with Gasteiger partial charge in [0.1, 0.15) is 0 Å². The number of phosphoric acid groups is 1. The highest BCUT2D eigenvalue weighted by atomic mass is 31.2. The molecule has 0 aliphatic rings. The molecule has 0 aromatic heterocycles. The summed E-state index contributed by atoms with van der Waals surface area (Å²) in [6.07, 6.45) is 0. The third-order valence-electron chi connectivity index (χ3n) is 0.617. The average Bonchev–Trinajstić information content (AvgIpc) is 1.87. The fourth-order valence-electron chi connectivity index (χ4n) is 0.227. The Bertz CT molecular complexity index is 157. The molecule has 0 spiro atoms. The first-order valence-corrected chi connectivity index (χ1v) is 4.70. The van der Waals surface area contributed by atoms with Crippen molar-refractivity contribution in [2.45, 2.75) is 0 Å². The van der Waals surface area contributed by atoms with Crippen LogP contribution in [0, 0.1) is 0 Å². The van der Waals surface area contributed by atoms with Crippen molar-refractivity contribution in [1.82, 2.24) is 0 Å². The van der Waals surface area contributed by atoms with Crippen molar-refractivity contribution in [2.75, 3.05) is 14.2 Å². The molecule has 0 saturated heterocycles. The second-order valence-electron chi connectivity index (χ2n) is 1.13. The van der Waals surface area contributed by atoms with E-state index in [0.29, 0.717) is 0 Å². The van der Waals surface area contributed by atoms with E-state index in [1.807, 2.05) is 0 Å². The molecule has 1 atom stereocenters. The van der Waals surface area contributed by atoms with Crippen LogP contribution in [0.25, 0.3) is 0 Å². The monoisotopic (exact) mass is 189 g/mol. The molecule has 1 unspecified atom stereocenters. The summed E-state index contributed by atoms with van der Waals surface area (Å²) in [5.41, 5.74) is 0. The number of hydrogen-bond donors (Lipinski definition) is 1. The van der Waals surface area contributed by atoms with Crippen LogP contribution < -0.4 is 0 Å². The highest BCUT2D eigenvalue weighted by molar-refractivity contribution is 7.56. The van der Waals surface area contributed by atoms with E-state index in [1.54, 1.807) is 0 Å². The summed E-state index contributed by atoms with van der Waals surface area (Å²) in [7, 11) is -4.64. The van der Waals surface area contributed by atoms with Crippen LogP contribution in [0.4, 0.5) is 0 Å². The van der Waals surface area contributed by atoms with Gasteiger partial charge in [-0.2, -0.15) is 0 Å². The molecule has 1 N–H and O–H groups in total. The smallest absolute Gasteiger partial charge is 0.288 e. The Morgan fingerprint density at radius 1 is 1.40 bits per heavy atom. The third kappa shape index (κ3) is 3.37. The highest BCUT2D eigenvalue weighted by Gasteiger charge is 2.35. The zero-order valence-corrected chi connectivity index (χ0v) is 7.17. The first-order chi connectivity index (χ1) is 4.54. The molecule has 10 heavy (non-hydrogen) atoms. The van der Waals surface area contributed by atoms with E-state index in [1.165, 1.54) is 0 Å². The molecule has 0 aromatic rings. The van der Waals surface area contributed by atoms with E-state index in [2.05, 4.69) is 13.4 Å².